The molecule has 9 heteroatoms. The smallest absolute Gasteiger partial charge is 0.247 e. The van der Waals surface area contributed by atoms with Gasteiger partial charge in [0.05, 0.1) is 6.20 Å². The number of rotatable bonds is 5. The molecular formula is C20H23FN4O3S. The summed E-state index contributed by atoms with van der Waals surface area (Å²) in [5.41, 5.74) is 2.28. The second kappa shape index (κ2) is 7.38. The van der Waals surface area contributed by atoms with Gasteiger partial charge in [0.1, 0.15) is 16.5 Å². The number of oxazole rings is 1. The highest BCUT2D eigenvalue weighted by atomic mass is 32.2. The van der Waals surface area contributed by atoms with Gasteiger partial charge in [0.25, 0.3) is 0 Å². The van der Waals surface area contributed by atoms with Crippen molar-refractivity contribution in [3.8, 4) is 11.6 Å². The average Bonchev–Trinajstić information content (AvgIpc) is 3.25. The third kappa shape index (κ3) is 3.60. The molecule has 0 radical (unpaired) electrons. The number of hydrogen-bond acceptors (Lipinski definition) is 5. The van der Waals surface area contributed by atoms with Crippen LogP contribution >= 0.6 is 0 Å². The number of nitrogens with zero attached hydrogens (tertiary/aromatic N) is 4. The van der Waals surface area contributed by atoms with Gasteiger partial charge >= 0.3 is 0 Å². The zero-order valence-electron chi connectivity index (χ0n) is 16.6. The van der Waals surface area contributed by atoms with E-state index in [1.54, 1.807) is 13.1 Å². The van der Waals surface area contributed by atoms with Crippen LogP contribution in [-0.2, 0) is 29.5 Å². The molecule has 0 saturated carbocycles. The van der Waals surface area contributed by atoms with E-state index in [2.05, 4.69) is 23.9 Å². The van der Waals surface area contributed by atoms with E-state index in [-0.39, 0.29) is 18.0 Å². The highest BCUT2D eigenvalue weighted by molar-refractivity contribution is 7.89. The van der Waals surface area contributed by atoms with E-state index >= 15 is 0 Å². The Kier molecular flexibility index (Phi) is 5.04. The summed E-state index contributed by atoms with van der Waals surface area (Å²) in [5, 5.41) is 4.69. The van der Waals surface area contributed by atoms with Crippen LogP contribution in [-0.4, -0.2) is 34.0 Å². The first-order chi connectivity index (χ1) is 13.8. The van der Waals surface area contributed by atoms with E-state index in [9.17, 15) is 12.8 Å². The van der Waals surface area contributed by atoms with Crippen LogP contribution in [0, 0.1) is 18.7 Å². The van der Waals surface area contributed by atoms with Gasteiger partial charge in [0.2, 0.25) is 15.9 Å². The van der Waals surface area contributed by atoms with Gasteiger partial charge in [-0.05, 0) is 25.0 Å². The molecule has 1 aromatic carbocycles. The predicted molar refractivity (Wildman–Crippen MR) is 105 cm³/mol. The molecule has 0 saturated heterocycles. The van der Waals surface area contributed by atoms with Crippen LogP contribution in [0.5, 0.6) is 0 Å². The highest BCUT2D eigenvalue weighted by Gasteiger charge is 2.35. The van der Waals surface area contributed by atoms with Crippen molar-refractivity contribution in [2.45, 2.75) is 45.2 Å². The minimum Gasteiger partial charge on any atom is -0.440 e. The van der Waals surface area contributed by atoms with Gasteiger partial charge in [-0.3, -0.25) is 4.68 Å². The molecule has 154 valence electrons. The second-order valence-corrected chi connectivity index (χ2v) is 9.55. The minimum atomic E-state index is -3.97. The van der Waals surface area contributed by atoms with Gasteiger partial charge in [-0.25, -0.2) is 17.8 Å². The molecule has 0 bridgehead atoms. The van der Waals surface area contributed by atoms with Gasteiger partial charge in [-0.2, -0.15) is 9.40 Å². The quantitative estimate of drug-likeness (QED) is 0.634. The van der Waals surface area contributed by atoms with Crippen LogP contribution in [0.1, 0.15) is 30.9 Å². The Morgan fingerprint density at radius 3 is 2.69 bits per heavy atom. The first kappa shape index (κ1) is 19.8. The van der Waals surface area contributed by atoms with Crippen molar-refractivity contribution in [2.75, 3.05) is 6.54 Å². The zero-order valence-corrected chi connectivity index (χ0v) is 17.4. The summed E-state index contributed by atoms with van der Waals surface area (Å²) in [6.45, 7) is 7.06. The number of benzene rings is 1. The molecule has 7 nitrogen and oxygen atoms in total. The van der Waals surface area contributed by atoms with Crippen LogP contribution < -0.4 is 0 Å². The fourth-order valence-electron chi connectivity index (χ4n) is 3.60. The van der Waals surface area contributed by atoms with Crippen molar-refractivity contribution in [3.05, 3.63) is 53.3 Å². The van der Waals surface area contributed by atoms with Crippen molar-refractivity contribution < 1.29 is 17.2 Å². The second-order valence-electron chi connectivity index (χ2n) is 7.64. The lowest BCUT2D eigenvalue weighted by Crippen LogP contribution is -2.37. The molecule has 4 rings (SSSR count). The van der Waals surface area contributed by atoms with Crippen molar-refractivity contribution >= 4 is 10.0 Å². The van der Waals surface area contributed by atoms with Crippen molar-refractivity contribution in [1.29, 1.82) is 0 Å². The van der Waals surface area contributed by atoms with Crippen LogP contribution in [0.2, 0.25) is 0 Å². The number of halogens is 1. The van der Waals surface area contributed by atoms with Gasteiger partial charge in [0, 0.05) is 37.3 Å². The maximum Gasteiger partial charge on any atom is 0.247 e. The largest absolute Gasteiger partial charge is 0.440 e. The molecule has 1 aliphatic rings. The minimum absolute atomic E-state index is 0.0981. The molecule has 29 heavy (non-hydrogen) atoms. The van der Waals surface area contributed by atoms with E-state index in [1.165, 1.54) is 22.5 Å². The lowest BCUT2D eigenvalue weighted by atomic mass is 10.1. The van der Waals surface area contributed by atoms with Gasteiger partial charge in [-0.15, -0.1) is 0 Å². The Labute approximate surface area is 169 Å². The molecule has 1 aliphatic heterocycles. The molecule has 0 amide bonds. The maximum absolute atomic E-state index is 14.2. The van der Waals surface area contributed by atoms with E-state index in [4.69, 9.17) is 4.42 Å². The summed E-state index contributed by atoms with van der Waals surface area (Å²) in [5.74, 6) is 0.640. The van der Waals surface area contributed by atoms with E-state index in [1.807, 2.05) is 4.68 Å². The Hall–Kier alpha value is -2.52. The number of fused-ring (bicyclic) bond motifs is 1. The third-order valence-corrected chi connectivity index (χ3v) is 6.79. The molecule has 0 N–H and O–H groups in total. The first-order valence-corrected chi connectivity index (χ1v) is 11.0. The lowest BCUT2D eigenvalue weighted by molar-refractivity contribution is 0.375. The maximum atomic E-state index is 14.2. The lowest BCUT2D eigenvalue weighted by Gasteiger charge is -2.27. The number of aromatic nitrogens is 3. The fraction of sp³-hybridized carbons (Fsp3) is 0.400. The Balaban J connectivity index is 1.77. The summed E-state index contributed by atoms with van der Waals surface area (Å²) < 4.78 is 49.2. The van der Waals surface area contributed by atoms with E-state index in [0.29, 0.717) is 36.2 Å². The normalized spacial score (nSPS) is 15.1. The number of aryl methyl sites for hydroxylation is 1. The van der Waals surface area contributed by atoms with Crippen LogP contribution in [0.15, 0.2) is 39.8 Å². The Morgan fingerprint density at radius 2 is 2.03 bits per heavy atom. The van der Waals surface area contributed by atoms with E-state index in [0.717, 1.165) is 17.3 Å². The molecule has 0 spiro atoms. The molecular weight excluding hydrogens is 395 g/mol. The molecule has 0 unspecified atom stereocenters. The molecule has 3 aromatic rings. The standard InChI is InChI=1S/C20H23FN4O3S/c1-13(2)11-25-17-8-9-24(29(26,27)18-7-5-4-6-16(18)21)12-15(17)19(23-25)20-22-10-14(3)28-20/h4-7,10,13H,8-9,11-12H2,1-3H3. The summed E-state index contributed by atoms with van der Waals surface area (Å²) in [7, 11) is -3.97. The number of hydrogen-bond donors (Lipinski definition) is 0. The van der Waals surface area contributed by atoms with Gasteiger partial charge in [-0.1, -0.05) is 26.0 Å². The first-order valence-electron chi connectivity index (χ1n) is 9.53. The van der Waals surface area contributed by atoms with Crippen LogP contribution in [0.4, 0.5) is 4.39 Å². The van der Waals surface area contributed by atoms with Gasteiger partial charge < -0.3 is 4.42 Å². The van der Waals surface area contributed by atoms with Crippen molar-refractivity contribution in [1.82, 2.24) is 19.1 Å². The van der Waals surface area contributed by atoms with Gasteiger partial charge in [0.15, 0.2) is 5.69 Å². The summed E-state index contributed by atoms with van der Waals surface area (Å²) in [4.78, 5) is 3.96. The molecule has 2 aromatic heterocycles. The molecule has 3 heterocycles. The van der Waals surface area contributed by atoms with Crippen molar-refractivity contribution in [3.63, 3.8) is 0 Å². The van der Waals surface area contributed by atoms with Crippen LogP contribution in [0.25, 0.3) is 11.6 Å². The Bertz CT molecular complexity index is 1150. The SMILES string of the molecule is Cc1cnc(-c2nn(CC(C)C)c3c2CN(S(=O)(=O)c2ccccc2F)CC3)o1. The van der Waals surface area contributed by atoms with Crippen molar-refractivity contribution in [2.24, 2.45) is 5.92 Å². The summed E-state index contributed by atoms with van der Waals surface area (Å²) in [6, 6.07) is 5.44. The number of sulfonamides is 1. The van der Waals surface area contributed by atoms with Crippen LogP contribution in [0.3, 0.4) is 0 Å². The third-order valence-electron chi connectivity index (χ3n) is 4.92. The zero-order chi connectivity index (χ0) is 20.8. The Morgan fingerprint density at radius 1 is 1.28 bits per heavy atom. The molecule has 0 atom stereocenters. The summed E-state index contributed by atoms with van der Waals surface area (Å²) >= 11 is 0. The predicted octanol–water partition coefficient (Wildman–Crippen LogP) is 3.39. The molecule has 0 aliphatic carbocycles. The monoisotopic (exact) mass is 418 g/mol. The summed E-state index contributed by atoms with van der Waals surface area (Å²) in [6.07, 6.45) is 2.10. The van der Waals surface area contributed by atoms with E-state index < -0.39 is 15.8 Å². The highest BCUT2D eigenvalue weighted by Crippen LogP contribution is 2.33. The molecule has 0 fully saturated rings. The topological polar surface area (TPSA) is 81.2 Å². The fourth-order valence-corrected chi connectivity index (χ4v) is 5.07. The average molecular weight is 418 g/mol.